The number of sulfone groups is 1. The number of hydrogen-bond donors (Lipinski definition) is 1. The van der Waals surface area contributed by atoms with Gasteiger partial charge in [-0.15, -0.1) is 0 Å². The molecular formula is C14H22N4O3S. The number of oxime groups is 1. The normalized spacial score (nSPS) is 26.8. The largest absolute Gasteiger partial charge is 0.392 e. The number of rotatable bonds is 4. The van der Waals surface area contributed by atoms with Gasteiger partial charge in [0.1, 0.15) is 6.10 Å². The van der Waals surface area contributed by atoms with Crippen molar-refractivity contribution < 1.29 is 13.3 Å². The highest BCUT2D eigenvalue weighted by molar-refractivity contribution is 7.91. The fourth-order valence-electron chi connectivity index (χ4n) is 3.11. The van der Waals surface area contributed by atoms with Crippen LogP contribution in [0.3, 0.4) is 0 Å². The van der Waals surface area contributed by atoms with E-state index in [2.05, 4.69) is 15.6 Å². The molecule has 1 aromatic heterocycles. The Morgan fingerprint density at radius 2 is 2.18 bits per heavy atom. The number of nitrogens with zero attached hydrogens (tertiary/aromatic N) is 3. The third kappa shape index (κ3) is 2.97. The van der Waals surface area contributed by atoms with Gasteiger partial charge in [0.05, 0.1) is 46.9 Å². The summed E-state index contributed by atoms with van der Waals surface area (Å²) in [7, 11) is -2.91. The van der Waals surface area contributed by atoms with Gasteiger partial charge in [0, 0.05) is 6.42 Å². The van der Waals surface area contributed by atoms with Crippen LogP contribution in [0, 0.1) is 13.8 Å². The molecule has 2 aliphatic rings. The van der Waals surface area contributed by atoms with Gasteiger partial charge < -0.3 is 10.2 Å². The average molecular weight is 326 g/mol. The quantitative estimate of drug-likeness (QED) is 0.905. The minimum atomic E-state index is -2.91. The van der Waals surface area contributed by atoms with Crippen LogP contribution >= 0.6 is 0 Å². The zero-order valence-corrected chi connectivity index (χ0v) is 14.0. The van der Waals surface area contributed by atoms with Crippen molar-refractivity contribution in [3.63, 3.8) is 0 Å². The number of nitrogens with one attached hydrogen (secondary N) is 1. The average Bonchev–Trinajstić information content (AvgIpc) is 3.08. The van der Waals surface area contributed by atoms with Crippen molar-refractivity contribution in [1.29, 1.82) is 0 Å². The van der Waals surface area contributed by atoms with E-state index in [1.54, 1.807) is 0 Å². The van der Waals surface area contributed by atoms with E-state index in [0.29, 0.717) is 13.0 Å². The van der Waals surface area contributed by atoms with E-state index in [-0.39, 0.29) is 23.7 Å². The Bertz CT molecular complexity index is 708. The van der Waals surface area contributed by atoms with Crippen LogP contribution in [0.25, 0.3) is 0 Å². The van der Waals surface area contributed by atoms with Crippen molar-refractivity contribution in [2.45, 2.75) is 45.8 Å². The summed E-state index contributed by atoms with van der Waals surface area (Å²) in [5, 5.41) is 11.9. The molecule has 3 heterocycles. The zero-order valence-electron chi connectivity index (χ0n) is 13.2. The number of anilines is 1. The number of aryl methyl sites for hydroxylation is 1. The topological polar surface area (TPSA) is 85.6 Å². The van der Waals surface area contributed by atoms with Gasteiger partial charge in [-0.2, -0.15) is 5.10 Å². The summed E-state index contributed by atoms with van der Waals surface area (Å²) < 4.78 is 25.2. The minimum absolute atomic E-state index is 0.0496. The van der Waals surface area contributed by atoms with Crippen LogP contribution in [0.4, 0.5) is 5.69 Å². The van der Waals surface area contributed by atoms with Crippen LogP contribution < -0.4 is 5.32 Å². The lowest BCUT2D eigenvalue weighted by atomic mass is 10.2. The molecule has 22 heavy (non-hydrogen) atoms. The first-order chi connectivity index (χ1) is 10.4. The summed E-state index contributed by atoms with van der Waals surface area (Å²) in [5.74, 6) is 0.442. The fraction of sp³-hybridized carbons (Fsp3) is 0.714. The van der Waals surface area contributed by atoms with Crippen molar-refractivity contribution in [2.75, 3.05) is 23.4 Å². The SMILES string of the molecule is Cc1nn(C2CCS(=O)(=O)C2)c(C)c1NCC1=NOC(C)C1. The lowest BCUT2D eigenvalue weighted by Gasteiger charge is -2.12. The smallest absolute Gasteiger partial charge is 0.152 e. The molecule has 7 nitrogen and oxygen atoms in total. The molecule has 2 unspecified atom stereocenters. The highest BCUT2D eigenvalue weighted by atomic mass is 32.2. The lowest BCUT2D eigenvalue weighted by molar-refractivity contribution is 0.0995. The first kappa shape index (κ1) is 15.3. The second kappa shape index (κ2) is 5.57. The highest BCUT2D eigenvalue weighted by Gasteiger charge is 2.31. The van der Waals surface area contributed by atoms with Gasteiger partial charge in [0.25, 0.3) is 0 Å². The minimum Gasteiger partial charge on any atom is -0.392 e. The molecule has 0 radical (unpaired) electrons. The van der Waals surface area contributed by atoms with Gasteiger partial charge >= 0.3 is 0 Å². The molecule has 8 heteroatoms. The first-order valence-electron chi connectivity index (χ1n) is 7.57. The Labute approximate surface area is 130 Å². The Morgan fingerprint density at radius 1 is 1.41 bits per heavy atom. The maximum atomic E-state index is 11.7. The summed E-state index contributed by atoms with van der Waals surface area (Å²) in [6.45, 7) is 6.53. The molecule has 0 aliphatic carbocycles. The Balaban J connectivity index is 1.73. The van der Waals surface area contributed by atoms with Crippen molar-refractivity contribution in [3.8, 4) is 0 Å². The predicted molar refractivity (Wildman–Crippen MR) is 85.1 cm³/mol. The molecule has 2 aliphatic heterocycles. The van der Waals surface area contributed by atoms with Gasteiger partial charge in [0.15, 0.2) is 9.84 Å². The zero-order chi connectivity index (χ0) is 15.9. The van der Waals surface area contributed by atoms with E-state index in [9.17, 15) is 8.42 Å². The van der Waals surface area contributed by atoms with Gasteiger partial charge in [-0.25, -0.2) is 8.42 Å². The van der Waals surface area contributed by atoms with Crippen molar-refractivity contribution in [3.05, 3.63) is 11.4 Å². The summed E-state index contributed by atoms with van der Waals surface area (Å²) in [4.78, 5) is 5.18. The Morgan fingerprint density at radius 3 is 2.77 bits per heavy atom. The molecule has 1 aromatic rings. The molecule has 0 saturated carbocycles. The maximum absolute atomic E-state index is 11.7. The Hall–Kier alpha value is -1.57. The molecule has 122 valence electrons. The maximum Gasteiger partial charge on any atom is 0.152 e. The van der Waals surface area contributed by atoms with Gasteiger partial charge in [-0.1, -0.05) is 5.16 Å². The monoisotopic (exact) mass is 326 g/mol. The molecule has 0 spiro atoms. The fourth-order valence-corrected chi connectivity index (χ4v) is 4.80. The van der Waals surface area contributed by atoms with Gasteiger partial charge in [-0.3, -0.25) is 4.68 Å². The summed E-state index contributed by atoms with van der Waals surface area (Å²) in [6, 6.07) is -0.0496. The molecule has 1 N–H and O–H groups in total. The molecule has 0 aromatic carbocycles. The molecule has 0 amide bonds. The van der Waals surface area contributed by atoms with E-state index in [1.165, 1.54) is 0 Å². The molecule has 1 saturated heterocycles. The van der Waals surface area contributed by atoms with Crippen LogP contribution in [0.1, 0.15) is 37.2 Å². The first-order valence-corrected chi connectivity index (χ1v) is 9.39. The van der Waals surface area contributed by atoms with E-state index in [1.807, 2.05) is 25.5 Å². The number of hydrogen-bond acceptors (Lipinski definition) is 6. The molecule has 1 fully saturated rings. The van der Waals surface area contributed by atoms with Crippen LogP contribution in [0.5, 0.6) is 0 Å². The molecule has 3 rings (SSSR count). The standard InChI is InChI=1S/C14H22N4O3S/c1-9-6-12(17-21-9)7-15-14-10(2)16-18(11(14)3)13-4-5-22(19,20)8-13/h9,13,15H,4-8H2,1-3H3. The molecule has 2 atom stereocenters. The van der Waals surface area contributed by atoms with E-state index in [0.717, 1.165) is 29.2 Å². The predicted octanol–water partition coefficient (Wildman–Crippen LogP) is 1.44. The van der Waals surface area contributed by atoms with Crippen molar-refractivity contribution >= 4 is 21.2 Å². The van der Waals surface area contributed by atoms with Crippen molar-refractivity contribution in [2.24, 2.45) is 5.16 Å². The third-order valence-electron chi connectivity index (χ3n) is 4.23. The Kier molecular flexibility index (Phi) is 3.88. The van der Waals surface area contributed by atoms with Gasteiger partial charge in [-0.05, 0) is 27.2 Å². The second-order valence-electron chi connectivity index (χ2n) is 6.18. The van der Waals surface area contributed by atoms with Crippen LogP contribution in [0.2, 0.25) is 0 Å². The summed E-state index contributed by atoms with van der Waals surface area (Å²) in [5.41, 5.74) is 3.82. The summed E-state index contributed by atoms with van der Waals surface area (Å²) in [6.07, 6.45) is 1.62. The molecular weight excluding hydrogens is 304 g/mol. The van der Waals surface area contributed by atoms with Crippen LogP contribution in [-0.4, -0.2) is 48.1 Å². The van der Waals surface area contributed by atoms with E-state index < -0.39 is 9.84 Å². The van der Waals surface area contributed by atoms with E-state index in [4.69, 9.17) is 4.84 Å². The third-order valence-corrected chi connectivity index (χ3v) is 5.98. The second-order valence-corrected chi connectivity index (χ2v) is 8.41. The summed E-state index contributed by atoms with van der Waals surface area (Å²) >= 11 is 0. The number of aromatic nitrogens is 2. The van der Waals surface area contributed by atoms with Crippen LogP contribution in [-0.2, 0) is 14.7 Å². The lowest BCUT2D eigenvalue weighted by Crippen LogP contribution is -2.16. The van der Waals surface area contributed by atoms with E-state index >= 15 is 0 Å². The molecule has 0 bridgehead atoms. The van der Waals surface area contributed by atoms with Crippen LogP contribution in [0.15, 0.2) is 5.16 Å². The van der Waals surface area contributed by atoms with Crippen molar-refractivity contribution in [1.82, 2.24) is 9.78 Å². The highest BCUT2D eigenvalue weighted by Crippen LogP contribution is 2.29. The van der Waals surface area contributed by atoms with Gasteiger partial charge in [0.2, 0.25) is 0 Å².